The normalized spacial score (nSPS) is 23.3. The summed E-state index contributed by atoms with van der Waals surface area (Å²) in [7, 11) is 2.22. The van der Waals surface area contributed by atoms with E-state index in [4.69, 9.17) is 4.74 Å². The van der Waals surface area contributed by atoms with Crippen LogP contribution in [0, 0.1) is 0 Å². The molecule has 3 rings (SSSR count). The summed E-state index contributed by atoms with van der Waals surface area (Å²) in [6.07, 6.45) is 1.52. The minimum Gasteiger partial charge on any atom is -0.368 e. The third-order valence-corrected chi connectivity index (χ3v) is 4.34. The molecule has 0 aliphatic carbocycles. The number of carbonyl (C=O) groups is 1. The van der Waals surface area contributed by atoms with Gasteiger partial charge < -0.3 is 19.9 Å². The molecule has 0 bridgehead atoms. The summed E-state index contributed by atoms with van der Waals surface area (Å²) in [5.74, 6) is -0.0142. The molecule has 0 spiro atoms. The number of ether oxygens (including phenoxy) is 1. The first-order valence-corrected chi connectivity index (χ1v) is 7.82. The van der Waals surface area contributed by atoms with E-state index in [1.807, 2.05) is 18.2 Å². The molecule has 1 amide bonds. The maximum absolute atomic E-state index is 12.2. The number of likely N-dealkylation sites (N-methyl/N-ethyl adjacent to an activating group) is 1. The van der Waals surface area contributed by atoms with Gasteiger partial charge in [-0.05, 0) is 25.0 Å². The predicted octanol–water partition coefficient (Wildman–Crippen LogP) is 0.139. The van der Waals surface area contributed by atoms with Crippen LogP contribution in [0.1, 0.15) is 12.8 Å². The van der Waals surface area contributed by atoms with Crippen LogP contribution >= 0.6 is 0 Å². The molecule has 114 valence electrons. The number of anilines is 2. The highest BCUT2D eigenvalue weighted by Gasteiger charge is 2.25. The molecule has 0 aromatic heterocycles. The van der Waals surface area contributed by atoms with Gasteiger partial charge in [-0.2, -0.15) is 0 Å². The monoisotopic (exact) mass is 290 g/mol. The van der Waals surface area contributed by atoms with Gasteiger partial charge in [-0.15, -0.1) is 0 Å². The van der Waals surface area contributed by atoms with Crippen molar-refractivity contribution in [1.82, 2.24) is 0 Å². The maximum Gasteiger partial charge on any atom is 0.253 e. The number of para-hydroxylation sites is 2. The first kappa shape index (κ1) is 14.4. The summed E-state index contributed by atoms with van der Waals surface area (Å²) in [6.45, 7) is 5.01. The summed E-state index contributed by atoms with van der Waals surface area (Å²) in [4.78, 5) is 16.2. The van der Waals surface area contributed by atoms with Crippen molar-refractivity contribution in [2.45, 2.75) is 18.9 Å². The summed E-state index contributed by atoms with van der Waals surface area (Å²) in [5.41, 5.74) is 2.02. The Labute approximate surface area is 125 Å². The average Bonchev–Trinajstić information content (AvgIpc) is 3.03. The van der Waals surface area contributed by atoms with Crippen LogP contribution in [-0.4, -0.2) is 51.8 Å². The third kappa shape index (κ3) is 3.36. The van der Waals surface area contributed by atoms with Gasteiger partial charge in [0.15, 0.2) is 0 Å². The number of hydrogen-bond donors (Lipinski definition) is 2. The van der Waals surface area contributed by atoms with E-state index >= 15 is 0 Å². The van der Waals surface area contributed by atoms with Crippen molar-refractivity contribution in [3.63, 3.8) is 0 Å². The van der Waals surface area contributed by atoms with Gasteiger partial charge in [-0.1, -0.05) is 12.1 Å². The van der Waals surface area contributed by atoms with Crippen LogP contribution in [0.25, 0.3) is 0 Å². The van der Waals surface area contributed by atoms with Gasteiger partial charge in [0.1, 0.15) is 6.10 Å². The Morgan fingerprint density at radius 1 is 1.33 bits per heavy atom. The van der Waals surface area contributed by atoms with Crippen LogP contribution in [-0.2, 0) is 9.53 Å². The lowest BCUT2D eigenvalue weighted by molar-refractivity contribution is -0.880. The zero-order valence-corrected chi connectivity index (χ0v) is 12.6. The summed E-state index contributed by atoms with van der Waals surface area (Å²) in [5, 5.41) is 3.05. The van der Waals surface area contributed by atoms with Gasteiger partial charge >= 0.3 is 0 Å². The molecular weight excluding hydrogens is 266 g/mol. The Morgan fingerprint density at radius 2 is 2.10 bits per heavy atom. The molecule has 2 fully saturated rings. The first-order chi connectivity index (χ1) is 10.2. The number of quaternary nitrogens is 1. The molecule has 2 saturated heterocycles. The fourth-order valence-electron chi connectivity index (χ4n) is 2.98. The van der Waals surface area contributed by atoms with Gasteiger partial charge in [-0.25, -0.2) is 0 Å². The number of benzene rings is 1. The first-order valence-electron chi connectivity index (χ1n) is 7.82. The van der Waals surface area contributed by atoms with E-state index in [-0.39, 0.29) is 12.0 Å². The summed E-state index contributed by atoms with van der Waals surface area (Å²) < 4.78 is 5.46. The number of amides is 1. The summed E-state index contributed by atoms with van der Waals surface area (Å²) in [6, 6.07) is 8.07. The fraction of sp³-hybridized carbons (Fsp3) is 0.562. The predicted molar refractivity (Wildman–Crippen MR) is 82.9 cm³/mol. The van der Waals surface area contributed by atoms with Crippen LogP contribution in [0.2, 0.25) is 0 Å². The zero-order chi connectivity index (χ0) is 14.7. The zero-order valence-electron chi connectivity index (χ0n) is 12.6. The highest BCUT2D eigenvalue weighted by molar-refractivity contribution is 5.97. The summed E-state index contributed by atoms with van der Waals surface area (Å²) >= 11 is 0. The molecule has 1 aromatic carbocycles. The highest BCUT2D eigenvalue weighted by atomic mass is 16.5. The Morgan fingerprint density at radius 3 is 2.81 bits per heavy atom. The van der Waals surface area contributed by atoms with Crippen molar-refractivity contribution >= 4 is 17.3 Å². The molecule has 2 aliphatic heterocycles. The lowest BCUT2D eigenvalue weighted by Gasteiger charge is -2.33. The average molecular weight is 290 g/mol. The van der Waals surface area contributed by atoms with Crippen molar-refractivity contribution in [3.8, 4) is 0 Å². The fourth-order valence-corrected chi connectivity index (χ4v) is 2.98. The number of rotatable bonds is 3. The topological polar surface area (TPSA) is 46.0 Å². The number of carbonyl (C=O) groups excluding carboxylic acids is 1. The van der Waals surface area contributed by atoms with Crippen LogP contribution in [0.15, 0.2) is 24.3 Å². The van der Waals surface area contributed by atoms with Gasteiger partial charge in [0.05, 0.1) is 44.6 Å². The molecule has 5 nitrogen and oxygen atoms in total. The second-order valence-corrected chi connectivity index (χ2v) is 5.95. The van der Waals surface area contributed by atoms with Crippen LogP contribution in [0.4, 0.5) is 11.4 Å². The van der Waals surface area contributed by atoms with Crippen molar-refractivity contribution in [2.75, 3.05) is 50.1 Å². The molecule has 0 radical (unpaired) electrons. The molecule has 0 unspecified atom stereocenters. The molecule has 2 N–H and O–H groups in total. The smallest absolute Gasteiger partial charge is 0.253 e. The maximum atomic E-state index is 12.2. The Kier molecular flexibility index (Phi) is 4.41. The van der Waals surface area contributed by atoms with E-state index in [1.165, 1.54) is 0 Å². The van der Waals surface area contributed by atoms with E-state index in [9.17, 15) is 4.79 Å². The van der Waals surface area contributed by atoms with Crippen molar-refractivity contribution in [1.29, 1.82) is 0 Å². The quantitative estimate of drug-likeness (QED) is 0.832. The minimum absolute atomic E-state index is 0.0142. The van der Waals surface area contributed by atoms with Gasteiger partial charge in [0.25, 0.3) is 5.91 Å². The third-order valence-electron chi connectivity index (χ3n) is 4.34. The molecule has 2 heterocycles. The van der Waals surface area contributed by atoms with E-state index < -0.39 is 0 Å². The van der Waals surface area contributed by atoms with Crippen molar-refractivity contribution in [3.05, 3.63) is 24.3 Å². The van der Waals surface area contributed by atoms with Crippen LogP contribution in [0.5, 0.6) is 0 Å². The lowest BCUT2D eigenvalue weighted by atomic mass is 10.2. The molecule has 1 atom stereocenters. The van der Waals surface area contributed by atoms with Crippen LogP contribution < -0.4 is 15.1 Å². The van der Waals surface area contributed by atoms with Gasteiger partial charge in [0, 0.05) is 6.61 Å². The molecule has 0 saturated carbocycles. The second kappa shape index (κ2) is 6.45. The van der Waals surface area contributed by atoms with Crippen molar-refractivity contribution in [2.24, 2.45) is 0 Å². The Hall–Kier alpha value is -1.59. The number of nitrogens with zero attached hydrogens (tertiary/aromatic N) is 1. The molecule has 21 heavy (non-hydrogen) atoms. The van der Waals surface area contributed by atoms with E-state index in [0.29, 0.717) is 6.61 Å². The molecule has 5 heteroatoms. The second-order valence-electron chi connectivity index (χ2n) is 5.95. The number of nitrogens with one attached hydrogen (secondary N) is 2. The van der Waals surface area contributed by atoms with Crippen molar-refractivity contribution < 1.29 is 14.4 Å². The number of piperazine rings is 1. The van der Waals surface area contributed by atoms with E-state index in [2.05, 4.69) is 23.3 Å². The van der Waals surface area contributed by atoms with Gasteiger partial charge in [-0.3, -0.25) is 4.79 Å². The van der Waals surface area contributed by atoms with Gasteiger partial charge in [0.2, 0.25) is 0 Å². The highest BCUT2D eigenvalue weighted by Crippen LogP contribution is 2.26. The minimum atomic E-state index is -0.282. The number of hydrogen-bond acceptors (Lipinski definition) is 3. The van der Waals surface area contributed by atoms with Crippen LogP contribution in [0.3, 0.4) is 0 Å². The van der Waals surface area contributed by atoms with E-state index in [0.717, 1.165) is 50.4 Å². The Bertz CT molecular complexity index is 492. The largest absolute Gasteiger partial charge is 0.368 e. The molecular formula is C16H24N3O2+. The molecule has 1 aromatic rings. The Balaban J connectivity index is 1.71. The standard InChI is InChI=1S/C16H23N3O2/c1-18-8-10-19(11-9-18)14-6-3-2-5-13(14)17-16(20)15-7-4-12-21-15/h2-3,5-6,15H,4,7-12H2,1H3,(H,17,20)/p+1/t15-/m0/s1. The lowest BCUT2D eigenvalue weighted by Crippen LogP contribution is -3.12. The van der Waals surface area contributed by atoms with E-state index in [1.54, 1.807) is 4.90 Å². The molecule has 2 aliphatic rings. The SMILES string of the molecule is C[NH+]1CCN(c2ccccc2NC(=O)[C@@H]2CCCO2)CC1.